The van der Waals surface area contributed by atoms with Crippen LogP contribution in [0.15, 0.2) is 75.9 Å². The number of carbonyl (C=O) groups is 1. The molecule has 0 unspecified atom stereocenters. The molecule has 0 saturated heterocycles. The third-order valence-electron chi connectivity index (χ3n) is 4.91. The Hall–Kier alpha value is -4.30. The molecule has 0 amide bonds. The molecule has 7 nitrogen and oxygen atoms in total. The van der Waals surface area contributed by atoms with Gasteiger partial charge in [-0.05, 0) is 35.9 Å². The van der Waals surface area contributed by atoms with E-state index in [2.05, 4.69) is 10.1 Å². The second-order valence-corrected chi connectivity index (χ2v) is 8.10. The fourth-order valence-electron chi connectivity index (χ4n) is 3.26. The molecule has 0 spiro atoms. The number of hydrogen-bond acceptors (Lipinski definition) is 7. The Morgan fingerprint density at radius 3 is 2.55 bits per heavy atom. The van der Waals surface area contributed by atoms with Gasteiger partial charge in [0.1, 0.15) is 16.1 Å². The molecule has 0 aliphatic carbocycles. The summed E-state index contributed by atoms with van der Waals surface area (Å²) in [5.41, 5.74) is 2.05. The van der Waals surface area contributed by atoms with Crippen molar-refractivity contribution in [2.24, 2.45) is 0 Å². The number of furan rings is 1. The lowest BCUT2D eigenvalue weighted by Gasteiger charge is -2.00. The number of rotatable bonds is 5. The van der Waals surface area contributed by atoms with E-state index in [1.807, 2.05) is 42.5 Å². The number of benzene rings is 2. The molecule has 5 rings (SSSR count). The summed E-state index contributed by atoms with van der Waals surface area (Å²) < 4.78 is 12.4. The van der Waals surface area contributed by atoms with Crippen LogP contribution in [0, 0.1) is 0 Å². The number of esters is 1. The maximum absolute atomic E-state index is 12.8. The number of thiazole rings is 1. The molecule has 0 bridgehead atoms. The summed E-state index contributed by atoms with van der Waals surface area (Å²) in [5, 5.41) is 4.30. The van der Waals surface area contributed by atoms with Crippen LogP contribution in [-0.2, 0) is 4.74 Å². The first-order valence-electron chi connectivity index (χ1n) is 10.0. The highest BCUT2D eigenvalue weighted by Gasteiger charge is 2.11. The number of methoxy groups -OCH3 is 1. The smallest absolute Gasteiger partial charge is 0.337 e. The Balaban J connectivity index is 1.39. The van der Waals surface area contributed by atoms with Gasteiger partial charge in [0.15, 0.2) is 5.82 Å². The van der Waals surface area contributed by atoms with Crippen molar-refractivity contribution in [2.75, 3.05) is 7.11 Å². The maximum atomic E-state index is 12.8. The van der Waals surface area contributed by atoms with Crippen LogP contribution in [0.2, 0.25) is 0 Å². The summed E-state index contributed by atoms with van der Waals surface area (Å²) in [6, 6.07) is 20.3. The third kappa shape index (κ3) is 4.24. The summed E-state index contributed by atoms with van der Waals surface area (Å²) in [6.07, 6.45) is 5.36. The number of fused-ring (bicyclic) bond motifs is 1. The minimum atomic E-state index is -0.395. The van der Waals surface area contributed by atoms with Gasteiger partial charge < -0.3 is 9.15 Å². The highest BCUT2D eigenvalue weighted by Crippen LogP contribution is 2.23. The molecule has 0 radical (unpaired) electrons. The van der Waals surface area contributed by atoms with Crippen LogP contribution in [0.4, 0.5) is 0 Å². The maximum Gasteiger partial charge on any atom is 0.337 e. The molecule has 2 aromatic carbocycles. The van der Waals surface area contributed by atoms with E-state index in [0.29, 0.717) is 32.4 Å². The van der Waals surface area contributed by atoms with Crippen LogP contribution in [-0.4, -0.2) is 27.7 Å². The Morgan fingerprint density at radius 1 is 1.03 bits per heavy atom. The molecule has 33 heavy (non-hydrogen) atoms. The Morgan fingerprint density at radius 2 is 1.82 bits per heavy atom. The monoisotopic (exact) mass is 455 g/mol. The zero-order valence-electron chi connectivity index (χ0n) is 17.5. The molecule has 3 heterocycles. The fourth-order valence-corrected chi connectivity index (χ4v) is 4.15. The molecule has 0 fully saturated rings. The third-order valence-corrected chi connectivity index (χ3v) is 5.87. The predicted molar refractivity (Wildman–Crippen MR) is 127 cm³/mol. The first-order chi connectivity index (χ1) is 16.1. The summed E-state index contributed by atoms with van der Waals surface area (Å²) in [4.78, 5) is 29.3. The second kappa shape index (κ2) is 8.68. The van der Waals surface area contributed by atoms with Gasteiger partial charge in [0.2, 0.25) is 4.96 Å². The van der Waals surface area contributed by atoms with Crippen molar-refractivity contribution < 1.29 is 13.9 Å². The van der Waals surface area contributed by atoms with Crippen LogP contribution in [0.1, 0.15) is 27.5 Å². The van der Waals surface area contributed by atoms with Crippen LogP contribution >= 0.6 is 11.3 Å². The van der Waals surface area contributed by atoms with E-state index in [1.165, 1.54) is 23.0 Å². The minimum absolute atomic E-state index is 0.248. The number of carbonyl (C=O) groups excluding carboxylic acids is 1. The fraction of sp³-hybridized carbons (Fsp3) is 0.0400. The molecule has 3 aromatic heterocycles. The molecule has 0 aliphatic rings. The molecule has 0 saturated carbocycles. The van der Waals surface area contributed by atoms with E-state index in [4.69, 9.17) is 9.15 Å². The van der Waals surface area contributed by atoms with E-state index < -0.39 is 5.97 Å². The van der Waals surface area contributed by atoms with Crippen molar-refractivity contribution in [3.63, 3.8) is 0 Å². The summed E-state index contributed by atoms with van der Waals surface area (Å²) >= 11 is 1.25. The normalized spacial score (nSPS) is 12.1. The van der Waals surface area contributed by atoms with E-state index in [9.17, 15) is 9.59 Å². The number of aromatic nitrogens is 3. The number of nitrogens with zero attached hydrogens (tertiary/aromatic N) is 3. The molecular weight excluding hydrogens is 438 g/mol. The van der Waals surface area contributed by atoms with Crippen molar-refractivity contribution in [2.45, 2.75) is 0 Å². The molecule has 8 heteroatoms. The summed E-state index contributed by atoms with van der Waals surface area (Å²) in [7, 11) is 1.34. The summed E-state index contributed by atoms with van der Waals surface area (Å²) in [6.45, 7) is 0. The van der Waals surface area contributed by atoms with Gasteiger partial charge in [0.05, 0.1) is 12.7 Å². The van der Waals surface area contributed by atoms with Crippen molar-refractivity contribution in [3.8, 4) is 11.3 Å². The SMILES string of the molecule is COC(=O)c1ccc(-c2ccc(/C=c3\sc4nc(/C=C/c5ccccc5)nn4c3=O)o2)cc1. The minimum Gasteiger partial charge on any atom is -0.465 e. The lowest BCUT2D eigenvalue weighted by Crippen LogP contribution is -2.23. The molecule has 0 atom stereocenters. The van der Waals surface area contributed by atoms with E-state index in [-0.39, 0.29) is 5.56 Å². The molecule has 0 aliphatic heterocycles. The van der Waals surface area contributed by atoms with Crippen LogP contribution in [0.25, 0.3) is 34.5 Å². The van der Waals surface area contributed by atoms with E-state index in [0.717, 1.165) is 11.1 Å². The number of hydrogen-bond donors (Lipinski definition) is 0. The van der Waals surface area contributed by atoms with Gasteiger partial charge in [-0.15, -0.1) is 5.10 Å². The van der Waals surface area contributed by atoms with Gasteiger partial charge in [-0.1, -0.05) is 59.9 Å². The Bertz CT molecular complexity index is 1580. The van der Waals surface area contributed by atoms with Crippen LogP contribution < -0.4 is 10.1 Å². The Labute approximate surface area is 191 Å². The zero-order chi connectivity index (χ0) is 22.8. The Kier molecular flexibility index (Phi) is 5.42. The van der Waals surface area contributed by atoms with E-state index >= 15 is 0 Å². The molecule has 162 valence electrons. The van der Waals surface area contributed by atoms with Gasteiger partial charge in [0.25, 0.3) is 5.56 Å². The molecule has 0 N–H and O–H groups in total. The average Bonchev–Trinajstić information content (AvgIpc) is 3.55. The largest absolute Gasteiger partial charge is 0.465 e. The van der Waals surface area contributed by atoms with Crippen LogP contribution in [0.3, 0.4) is 0 Å². The first-order valence-corrected chi connectivity index (χ1v) is 10.9. The lowest BCUT2D eigenvalue weighted by atomic mass is 10.1. The van der Waals surface area contributed by atoms with Crippen molar-refractivity contribution in [3.05, 3.63) is 104 Å². The average molecular weight is 455 g/mol. The zero-order valence-corrected chi connectivity index (χ0v) is 18.3. The molecule has 5 aromatic rings. The summed E-state index contributed by atoms with van der Waals surface area (Å²) in [5.74, 6) is 1.24. The second-order valence-electron chi connectivity index (χ2n) is 7.10. The first kappa shape index (κ1) is 20.6. The van der Waals surface area contributed by atoms with Gasteiger partial charge in [-0.25, -0.2) is 4.79 Å². The van der Waals surface area contributed by atoms with Crippen molar-refractivity contribution in [1.82, 2.24) is 14.6 Å². The highest BCUT2D eigenvalue weighted by atomic mass is 32.1. The van der Waals surface area contributed by atoms with Gasteiger partial charge in [-0.2, -0.15) is 9.50 Å². The van der Waals surface area contributed by atoms with Gasteiger partial charge >= 0.3 is 5.97 Å². The van der Waals surface area contributed by atoms with Crippen LogP contribution in [0.5, 0.6) is 0 Å². The number of ether oxygens (including phenoxy) is 1. The topological polar surface area (TPSA) is 86.7 Å². The van der Waals surface area contributed by atoms with E-state index in [1.54, 1.807) is 42.5 Å². The quantitative estimate of drug-likeness (QED) is 0.374. The van der Waals surface area contributed by atoms with Gasteiger partial charge in [-0.3, -0.25) is 4.79 Å². The van der Waals surface area contributed by atoms with Gasteiger partial charge in [0, 0.05) is 11.6 Å². The lowest BCUT2D eigenvalue weighted by molar-refractivity contribution is 0.0600. The standard InChI is InChI=1S/C25H17N3O4S/c1-31-24(30)18-10-8-17(9-11-18)20-13-12-19(32-20)15-21-23(29)28-25(33-21)26-22(27-28)14-7-16-5-3-2-4-6-16/h2-15H,1H3/b14-7+,21-15-. The molecular formula is C25H17N3O4S. The predicted octanol–water partition coefficient (Wildman–Crippen LogP) is 3.92. The van der Waals surface area contributed by atoms with Crippen molar-refractivity contribution in [1.29, 1.82) is 0 Å². The van der Waals surface area contributed by atoms with Crippen molar-refractivity contribution >= 4 is 40.5 Å². The highest BCUT2D eigenvalue weighted by molar-refractivity contribution is 7.15.